The maximum absolute atomic E-state index is 13.9. The fourth-order valence-corrected chi connectivity index (χ4v) is 18.1. The molecule has 5 aromatic heterocycles. The van der Waals surface area contributed by atoms with Crippen molar-refractivity contribution in [2.75, 3.05) is 150 Å². The van der Waals surface area contributed by atoms with Crippen molar-refractivity contribution in [2.24, 2.45) is 5.92 Å². The lowest BCUT2D eigenvalue weighted by atomic mass is 9.81. The number of aromatic nitrogens is 7. The number of aryl methyl sites for hydroxylation is 6. The van der Waals surface area contributed by atoms with E-state index in [9.17, 15) is 29.7 Å². The molecule has 24 nitrogen and oxygen atoms in total. The molecule has 1 unspecified atom stereocenters. The number of para-hydroxylation sites is 1. The molecule has 6 N–H and O–H groups in total. The van der Waals surface area contributed by atoms with Gasteiger partial charge in [0.25, 0.3) is 11.8 Å². The molecule has 11 heterocycles. The van der Waals surface area contributed by atoms with Crippen LogP contribution in [0, 0.1) is 68.2 Å². The molecule has 6 aliphatic rings. The Morgan fingerprint density at radius 1 is 0.368 bits per heavy atom. The zero-order chi connectivity index (χ0) is 79.9. The molecule has 9 aromatic rings. The average Bonchev–Trinajstić information content (AvgIpc) is 0.785. The van der Waals surface area contributed by atoms with Crippen LogP contribution in [0.1, 0.15) is 133 Å². The number of ketones is 1. The van der Waals surface area contributed by atoms with E-state index in [1.165, 1.54) is 5.56 Å². The smallest absolute Gasteiger partial charge is 0.254 e. The first-order valence-corrected chi connectivity index (χ1v) is 40.8. The quantitative estimate of drug-likeness (QED) is 0.0411. The first-order chi connectivity index (χ1) is 55.4. The van der Waals surface area contributed by atoms with E-state index in [1.807, 2.05) is 126 Å². The van der Waals surface area contributed by atoms with Gasteiger partial charge in [-0.3, -0.25) is 14.4 Å². The normalized spacial score (nSPS) is 19.2. The molecule has 0 aliphatic carbocycles. The molecular formula is C90H114N18O6. The first kappa shape index (κ1) is 81.2. The van der Waals surface area contributed by atoms with E-state index in [0.717, 1.165) is 197 Å². The molecule has 4 atom stereocenters. The number of carbonyl (C=O) groups is 3. The zero-order valence-electron chi connectivity index (χ0n) is 67.8. The predicted molar refractivity (Wildman–Crippen MR) is 455 cm³/mol. The summed E-state index contributed by atoms with van der Waals surface area (Å²) in [6, 6.07) is 42.7. The summed E-state index contributed by atoms with van der Waals surface area (Å²) in [6.07, 6.45) is 16.2. The number of nitrogens with zero attached hydrogens (tertiary/aromatic N) is 15. The SMILES string of the molecule is Cc1cc(C)c(C(=O)C2CCN(c3ccccn3)[C@H](CO)C2)c(C)c1NC1CCN(c2ccccn2)CC1.Cc1cc(C)c(C(=O)N2CCN(c3ccccc3)[C@H](CO)C2)c(C)c1NC1CCN(c2cccnn2)CC1.Cc1cc(C)c(C(=O)N2CCN(c3cccnn3)[C@H](CO)C2)c(C)c1NC1CCN(c2ccccn2)CC1. The Balaban J connectivity index is 0.000000149. The summed E-state index contributed by atoms with van der Waals surface area (Å²) in [5.74, 6) is 4.74. The number of hydrogen-bond acceptors (Lipinski definition) is 22. The molecule has 6 saturated heterocycles. The number of piperidine rings is 4. The Morgan fingerprint density at radius 2 is 0.746 bits per heavy atom. The van der Waals surface area contributed by atoms with Gasteiger partial charge in [0.1, 0.15) is 17.5 Å². The summed E-state index contributed by atoms with van der Waals surface area (Å²) in [5, 5.41) is 58.2. The minimum Gasteiger partial charge on any atom is -0.394 e. The van der Waals surface area contributed by atoms with Crippen molar-refractivity contribution in [3.8, 4) is 0 Å². The number of anilines is 9. The molecule has 0 bridgehead atoms. The average molecular weight is 1540 g/mol. The number of rotatable bonds is 19. The molecule has 0 radical (unpaired) electrons. The molecule has 114 heavy (non-hydrogen) atoms. The Morgan fingerprint density at radius 3 is 1.17 bits per heavy atom. The maximum Gasteiger partial charge on any atom is 0.254 e. The molecule has 600 valence electrons. The number of pyridine rings is 3. The lowest BCUT2D eigenvalue weighted by Crippen LogP contribution is -2.56. The second-order valence-corrected chi connectivity index (χ2v) is 31.6. The van der Waals surface area contributed by atoms with Crippen molar-refractivity contribution >= 4 is 69.4 Å². The topological polar surface area (TPSA) is 264 Å². The maximum atomic E-state index is 13.9. The Bertz CT molecular complexity index is 4200. The van der Waals surface area contributed by atoms with Gasteiger partial charge in [-0.1, -0.05) is 54.6 Å². The largest absolute Gasteiger partial charge is 0.394 e. The van der Waals surface area contributed by atoms with Crippen LogP contribution in [-0.4, -0.2) is 219 Å². The van der Waals surface area contributed by atoms with E-state index in [1.54, 1.807) is 18.6 Å². The first-order valence-electron chi connectivity index (χ1n) is 40.8. The van der Waals surface area contributed by atoms with E-state index in [-0.39, 0.29) is 61.5 Å². The number of carbonyl (C=O) groups excluding carboxylic acids is 3. The lowest BCUT2D eigenvalue weighted by molar-refractivity contribution is 0.0689. The van der Waals surface area contributed by atoms with Gasteiger partial charge in [-0.25, -0.2) is 15.0 Å². The summed E-state index contributed by atoms with van der Waals surface area (Å²) in [7, 11) is 0. The van der Waals surface area contributed by atoms with Gasteiger partial charge < -0.3 is 70.5 Å². The number of aliphatic hydroxyl groups excluding tert-OH is 3. The van der Waals surface area contributed by atoms with Crippen molar-refractivity contribution in [1.82, 2.24) is 45.1 Å². The summed E-state index contributed by atoms with van der Waals surface area (Å²) >= 11 is 0. The number of aliphatic hydroxyl groups is 3. The minimum atomic E-state index is -0.225. The van der Waals surface area contributed by atoms with Crippen LogP contribution in [-0.2, 0) is 0 Å². The molecule has 6 fully saturated rings. The van der Waals surface area contributed by atoms with Gasteiger partial charge >= 0.3 is 0 Å². The van der Waals surface area contributed by atoms with Crippen molar-refractivity contribution in [3.05, 3.63) is 225 Å². The van der Waals surface area contributed by atoms with Gasteiger partial charge in [-0.05, 0) is 237 Å². The van der Waals surface area contributed by atoms with E-state index in [0.29, 0.717) is 70.4 Å². The monoisotopic (exact) mass is 1540 g/mol. The molecule has 6 aliphatic heterocycles. The molecule has 15 rings (SSSR count). The Labute approximate surface area is 672 Å². The van der Waals surface area contributed by atoms with E-state index in [2.05, 4.69) is 167 Å². The van der Waals surface area contributed by atoms with Crippen LogP contribution < -0.4 is 45.3 Å². The summed E-state index contributed by atoms with van der Waals surface area (Å²) in [5.41, 5.74) is 16.3. The molecule has 2 amide bonds. The second kappa shape index (κ2) is 37.9. The van der Waals surface area contributed by atoms with Crippen LogP contribution >= 0.6 is 0 Å². The van der Waals surface area contributed by atoms with Gasteiger partial charge in [0.15, 0.2) is 17.4 Å². The van der Waals surface area contributed by atoms with Crippen LogP contribution in [0.25, 0.3) is 0 Å². The molecule has 24 heteroatoms. The molecule has 4 aromatic carbocycles. The van der Waals surface area contributed by atoms with Crippen molar-refractivity contribution in [1.29, 1.82) is 0 Å². The molecular weight excluding hydrogens is 1430 g/mol. The highest BCUT2D eigenvalue weighted by molar-refractivity contribution is 6.03. The van der Waals surface area contributed by atoms with Crippen molar-refractivity contribution in [3.63, 3.8) is 0 Å². The Kier molecular flexibility index (Phi) is 27.0. The fourth-order valence-electron chi connectivity index (χ4n) is 18.1. The van der Waals surface area contributed by atoms with Gasteiger partial charge in [-0.15, -0.1) is 10.2 Å². The number of piperazine rings is 2. The summed E-state index contributed by atoms with van der Waals surface area (Å²) < 4.78 is 0. The van der Waals surface area contributed by atoms with Crippen LogP contribution in [0.5, 0.6) is 0 Å². The van der Waals surface area contributed by atoms with E-state index < -0.39 is 0 Å². The van der Waals surface area contributed by atoms with Crippen molar-refractivity contribution < 1.29 is 29.7 Å². The van der Waals surface area contributed by atoms with Gasteiger partial charge in [-0.2, -0.15) is 10.2 Å². The minimum absolute atomic E-state index is 0.00457. The summed E-state index contributed by atoms with van der Waals surface area (Å²) in [6.45, 7) is 28.4. The number of nitrogens with one attached hydrogen (secondary N) is 3. The van der Waals surface area contributed by atoms with Gasteiger partial charge in [0.05, 0.1) is 37.9 Å². The number of hydrogen-bond donors (Lipinski definition) is 6. The second-order valence-electron chi connectivity index (χ2n) is 31.6. The fraction of sp³-hybridized carbons (Fsp3) is 0.444. The Hall–Kier alpha value is -10.8. The summed E-state index contributed by atoms with van der Waals surface area (Å²) in [4.78, 5) is 72.3. The molecule has 0 spiro atoms. The van der Waals surface area contributed by atoms with E-state index >= 15 is 0 Å². The number of Topliss-reactive ketones (excluding diaryl/α,β-unsaturated/α-hetero) is 1. The van der Waals surface area contributed by atoms with Crippen LogP contribution in [0.3, 0.4) is 0 Å². The number of benzene rings is 4. The highest BCUT2D eigenvalue weighted by Crippen LogP contribution is 2.38. The third kappa shape index (κ3) is 18.8. The van der Waals surface area contributed by atoms with Gasteiger partial charge in [0, 0.05) is 180 Å². The van der Waals surface area contributed by atoms with Crippen LogP contribution in [0.2, 0.25) is 0 Å². The highest BCUT2D eigenvalue weighted by Gasteiger charge is 2.38. The standard InChI is InChI=1S/C31H39N5O2.C30H38N6O2.C29H37N7O2/c1-21-18-22(2)30(34-25-11-15-35(16-12-25)27-8-4-6-13-32-27)23(3)29(21)31(38)24-10-17-36(26(19-24)20-37)28-9-5-7-14-33-28;1-21-18-22(2)29(32-24-11-14-34(15-12-24)27-10-7-13-31-33-27)23(3)28(21)30(38)35-16-17-36(26(19-35)20-37)25-8-5-4-6-9-25;1-20-17-21(2)28(32-23-9-13-34(14-10-23)25-7-4-5-11-30-25)22(3)27(20)29(38)35-15-16-36(24(18-35)19-37)26-8-6-12-31-33-26/h4-9,13-14,18,24-26,34,37H,10-12,15-17,19-20H2,1-3H3;4-10,13,18,24,26,32,37H,11-12,14-17,19-20H2,1-3H3;4-8,11-12,17,23-24,32,37H,9-10,13-16,18-19H2,1-3H3/t24?,26-;26-;24-/m000/s1. The zero-order valence-corrected chi connectivity index (χ0v) is 67.8. The van der Waals surface area contributed by atoms with Crippen LogP contribution in [0.15, 0.2) is 158 Å². The third-order valence-electron chi connectivity index (χ3n) is 24.1. The lowest BCUT2D eigenvalue weighted by Gasteiger charge is -2.42. The van der Waals surface area contributed by atoms with Crippen LogP contribution in [0.4, 0.5) is 51.8 Å². The predicted octanol–water partition coefficient (Wildman–Crippen LogP) is 12.0. The highest BCUT2D eigenvalue weighted by atomic mass is 16.3. The number of amides is 2. The van der Waals surface area contributed by atoms with E-state index in [4.69, 9.17) is 0 Å². The van der Waals surface area contributed by atoms with Gasteiger partial charge in [0.2, 0.25) is 0 Å². The van der Waals surface area contributed by atoms with Crippen molar-refractivity contribution in [2.45, 2.75) is 150 Å². The molecule has 0 saturated carbocycles. The third-order valence-corrected chi connectivity index (χ3v) is 24.1.